The van der Waals surface area contributed by atoms with E-state index in [0.29, 0.717) is 22.7 Å². The van der Waals surface area contributed by atoms with Crippen LogP contribution in [0.5, 0.6) is 11.5 Å². The third-order valence-corrected chi connectivity index (χ3v) is 5.37. The molecule has 0 atom stereocenters. The van der Waals surface area contributed by atoms with Crippen molar-refractivity contribution in [3.05, 3.63) is 94.6 Å². The molecule has 0 N–H and O–H groups in total. The highest BCUT2D eigenvalue weighted by Crippen LogP contribution is 2.37. The standard InChI is InChI=1S/C25H19BrN2O5/c1-31-24(29)21-22(27-28(23(21)25(30)32-2)17-8-4-3-5-9-17)19-10-6-7-11-20(19)33-18-14-12-16(26)13-15-18/h3-15H,1-2H3. The second-order valence-corrected chi connectivity index (χ2v) is 7.77. The van der Waals surface area contributed by atoms with E-state index in [2.05, 4.69) is 21.0 Å². The van der Waals surface area contributed by atoms with Gasteiger partial charge < -0.3 is 14.2 Å². The summed E-state index contributed by atoms with van der Waals surface area (Å²) in [4.78, 5) is 25.6. The van der Waals surface area contributed by atoms with Gasteiger partial charge in [0, 0.05) is 10.0 Å². The number of benzene rings is 3. The van der Waals surface area contributed by atoms with Gasteiger partial charge in [-0.15, -0.1) is 0 Å². The molecular weight excluding hydrogens is 488 g/mol. The van der Waals surface area contributed by atoms with Crippen molar-refractivity contribution in [3.8, 4) is 28.4 Å². The number of hydrogen-bond donors (Lipinski definition) is 0. The van der Waals surface area contributed by atoms with Crippen LogP contribution >= 0.6 is 15.9 Å². The maximum absolute atomic E-state index is 12.9. The Hall–Kier alpha value is -3.91. The van der Waals surface area contributed by atoms with Crippen LogP contribution < -0.4 is 4.74 Å². The number of nitrogens with zero attached hydrogens (tertiary/aromatic N) is 2. The van der Waals surface area contributed by atoms with Gasteiger partial charge >= 0.3 is 11.9 Å². The first-order valence-corrected chi connectivity index (χ1v) is 10.7. The molecule has 0 aliphatic carbocycles. The number of hydrogen-bond acceptors (Lipinski definition) is 6. The van der Waals surface area contributed by atoms with Gasteiger partial charge in [0.05, 0.1) is 19.9 Å². The zero-order valence-corrected chi connectivity index (χ0v) is 19.4. The lowest BCUT2D eigenvalue weighted by atomic mass is 10.0. The van der Waals surface area contributed by atoms with Gasteiger partial charge in [0.1, 0.15) is 22.8 Å². The quantitative estimate of drug-likeness (QED) is 0.313. The lowest BCUT2D eigenvalue weighted by Gasteiger charge is -2.11. The summed E-state index contributed by atoms with van der Waals surface area (Å²) >= 11 is 3.41. The minimum atomic E-state index is -0.718. The molecule has 0 amide bonds. The van der Waals surface area contributed by atoms with Gasteiger partial charge in [-0.25, -0.2) is 14.3 Å². The Bertz CT molecular complexity index is 1300. The van der Waals surface area contributed by atoms with Crippen molar-refractivity contribution in [2.45, 2.75) is 0 Å². The first-order chi connectivity index (χ1) is 16.0. The maximum atomic E-state index is 12.9. The normalized spacial score (nSPS) is 10.5. The molecule has 4 rings (SSSR count). The van der Waals surface area contributed by atoms with Crippen LogP contribution in [0.15, 0.2) is 83.3 Å². The molecule has 0 aliphatic heterocycles. The van der Waals surface area contributed by atoms with Crippen LogP contribution in [0.25, 0.3) is 16.9 Å². The minimum Gasteiger partial charge on any atom is -0.465 e. The average Bonchev–Trinajstić information content (AvgIpc) is 3.26. The summed E-state index contributed by atoms with van der Waals surface area (Å²) in [7, 11) is 2.49. The molecule has 3 aromatic carbocycles. The Morgan fingerprint density at radius 3 is 2.12 bits per heavy atom. The second-order valence-electron chi connectivity index (χ2n) is 6.85. The fourth-order valence-corrected chi connectivity index (χ4v) is 3.59. The van der Waals surface area contributed by atoms with E-state index in [0.717, 1.165) is 4.47 Å². The lowest BCUT2D eigenvalue weighted by molar-refractivity contribution is 0.0549. The first kappa shape index (κ1) is 22.3. The van der Waals surface area contributed by atoms with Crippen LogP contribution in [0, 0.1) is 0 Å². The Labute approximate surface area is 198 Å². The molecule has 0 aliphatic rings. The molecule has 0 saturated heterocycles. The van der Waals surface area contributed by atoms with Gasteiger partial charge in [0.2, 0.25) is 0 Å². The van der Waals surface area contributed by atoms with Gasteiger partial charge in [-0.1, -0.05) is 46.3 Å². The summed E-state index contributed by atoms with van der Waals surface area (Å²) in [5.41, 5.74) is 1.28. The number of methoxy groups -OCH3 is 2. The molecular formula is C25H19BrN2O5. The van der Waals surface area contributed by atoms with Crippen molar-refractivity contribution in [3.63, 3.8) is 0 Å². The molecule has 0 fully saturated rings. The van der Waals surface area contributed by atoms with E-state index in [1.165, 1.54) is 18.9 Å². The summed E-state index contributed by atoms with van der Waals surface area (Å²) in [6.45, 7) is 0. The van der Waals surface area contributed by atoms with Crippen LogP contribution in [-0.4, -0.2) is 35.9 Å². The highest BCUT2D eigenvalue weighted by atomic mass is 79.9. The topological polar surface area (TPSA) is 79.7 Å². The van der Waals surface area contributed by atoms with E-state index in [1.807, 2.05) is 36.4 Å². The summed E-state index contributed by atoms with van der Waals surface area (Å²) in [5.74, 6) is -0.379. The molecule has 0 bridgehead atoms. The third-order valence-electron chi connectivity index (χ3n) is 4.84. The van der Waals surface area contributed by atoms with Gasteiger partial charge in [-0.3, -0.25) is 0 Å². The fraction of sp³-hybridized carbons (Fsp3) is 0.0800. The second kappa shape index (κ2) is 9.70. The first-order valence-electron chi connectivity index (χ1n) is 9.91. The molecule has 0 unspecified atom stereocenters. The van der Waals surface area contributed by atoms with Crippen molar-refractivity contribution in [1.82, 2.24) is 9.78 Å². The zero-order valence-electron chi connectivity index (χ0n) is 17.8. The summed E-state index contributed by atoms with van der Waals surface area (Å²) < 4.78 is 18.4. The summed E-state index contributed by atoms with van der Waals surface area (Å²) in [6, 6.07) is 23.5. The van der Waals surface area contributed by atoms with E-state index in [9.17, 15) is 9.59 Å². The fourth-order valence-electron chi connectivity index (χ4n) is 3.32. The molecule has 8 heteroatoms. The highest BCUT2D eigenvalue weighted by molar-refractivity contribution is 9.10. The molecule has 1 heterocycles. The van der Waals surface area contributed by atoms with Crippen LogP contribution in [0.3, 0.4) is 0 Å². The van der Waals surface area contributed by atoms with Gasteiger partial charge in [-0.05, 0) is 48.5 Å². The summed E-state index contributed by atoms with van der Waals surface area (Å²) in [6.07, 6.45) is 0. The average molecular weight is 507 g/mol. The Balaban J connectivity index is 1.95. The molecule has 0 saturated carbocycles. The lowest BCUT2D eigenvalue weighted by Crippen LogP contribution is -2.15. The largest absolute Gasteiger partial charge is 0.465 e. The van der Waals surface area contributed by atoms with Crippen molar-refractivity contribution in [2.24, 2.45) is 0 Å². The monoisotopic (exact) mass is 506 g/mol. The van der Waals surface area contributed by atoms with E-state index in [-0.39, 0.29) is 17.0 Å². The number of esters is 2. The number of ether oxygens (including phenoxy) is 3. The van der Waals surface area contributed by atoms with Crippen molar-refractivity contribution < 1.29 is 23.8 Å². The predicted octanol–water partition coefficient (Wildman–Crippen LogP) is 5.67. The van der Waals surface area contributed by atoms with Crippen molar-refractivity contribution in [1.29, 1.82) is 0 Å². The van der Waals surface area contributed by atoms with Crippen molar-refractivity contribution >= 4 is 27.9 Å². The smallest absolute Gasteiger partial charge is 0.357 e. The zero-order chi connectivity index (χ0) is 23.4. The number of aromatic nitrogens is 2. The molecule has 0 radical (unpaired) electrons. The molecule has 0 spiro atoms. The number of halogens is 1. The van der Waals surface area contributed by atoms with Crippen molar-refractivity contribution in [2.75, 3.05) is 14.2 Å². The highest BCUT2D eigenvalue weighted by Gasteiger charge is 2.32. The third kappa shape index (κ3) is 4.51. The SMILES string of the molecule is COC(=O)c1c(-c2ccccc2Oc2ccc(Br)cc2)nn(-c2ccccc2)c1C(=O)OC. The molecule has 1 aromatic heterocycles. The van der Waals surface area contributed by atoms with E-state index < -0.39 is 11.9 Å². The predicted molar refractivity (Wildman–Crippen MR) is 126 cm³/mol. The Morgan fingerprint density at radius 1 is 0.818 bits per heavy atom. The number of para-hydroxylation sites is 2. The van der Waals surface area contributed by atoms with Gasteiger partial charge in [0.15, 0.2) is 5.69 Å². The molecule has 4 aromatic rings. The molecule has 166 valence electrons. The molecule has 33 heavy (non-hydrogen) atoms. The van der Waals surface area contributed by atoms with Crippen LogP contribution in [0.1, 0.15) is 20.8 Å². The van der Waals surface area contributed by atoms with Crippen LogP contribution in [0.4, 0.5) is 0 Å². The van der Waals surface area contributed by atoms with Gasteiger partial charge in [0.25, 0.3) is 0 Å². The number of rotatable bonds is 6. The van der Waals surface area contributed by atoms with Crippen LogP contribution in [0.2, 0.25) is 0 Å². The summed E-state index contributed by atoms with van der Waals surface area (Å²) in [5, 5.41) is 4.63. The Morgan fingerprint density at radius 2 is 1.45 bits per heavy atom. The Kier molecular flexibility index (Phi) is 6.55. The van der Waals surface area contributed by atoms with E-state index in [4.69, 9.17) is 14.2 Å². The maximum Gasteiger partial charge on any atom is 0.357 e. The number of carbonyl (C=O) groups is 2. The van der Waals surface area contributed by atoms with E-state index >= 15 is 0 Å². The number of carbonyl (C=O) groups excluding carboxylic acids is 2. The minimum absolute atomic E-state index is 0.0138. The van der Waals surface area contributed by atoms with E-state index in [1.54, 1.807) is 42.5 Å². The van der Waals surface area contributed by atoms with Gasteiger partial charge in [-0.2, -0.15) is 5.10 Å². The van der Waals surface area contributed by atoms with Crippen LogP contribution in [-0.2, 0) is 9.47 Å². The molecule has 7 nitrogen and oxygen atoms in total.